The number of nitrogens with two attached hydrogens (primary N) is 1. The number of fused-ring (bicyclic) bond motifs is 1. The quantitative estimate of drug-likeness (QED) is 0.594. The third-order valence-electron chi connectivity index (χ3n) is 7.81. The first kappa shape index (κ1) is 27.4. The number of likely N-dealkylation sites (tertiary alicyclic amines) is 1. The van der Waals surface area contributed by atoms with E-state index in [0.717, 1.165) is 38.4 Å². The van der Waals surface area contributed by atoms with Gasteiger partial charge in [0.05, 0.1) is 17.9 Å². The monoisotopic (exact) mass is 520 g/mol. The molecule has 3 aliphatic rings. The summed E-state index contributed by atoms with van der Waals surface area (Å²) >= 11 is 0. The van der Waals surface area contributed by atoms with Crippen LogP contribution in [-0.4, -0.2) is 91.8 Å². The highest BCUT2D eigenvalue weighted by atomic mass is 19.3. The van der Waals surface area contributed by atoms with Crippen molar-refractivity contribution >= 4 is 23.3 Å². The Balaban J connectivity index is 1.73. The number of rotatable bonds is 7. The van der Waals surface area contributed by atoms with Crippen LogP contribution in [0.15, 0.2) is 18.2 Å². The lowest BCUT2D eigenvalue weighted by molar-refractivity contribution is -0.138. The molecule has 4 atom stereocenters. The normalized spacial score (nSPS) is 25.6. The molecular formula is C27H38F2N4O4. The maximum Gasteiger partial charge on any atom is 0.249 e. The van der Waals surface area contributed by atoms with E-state index in [0.29, 0.717) is 12.0 Å². The summed E-state index contributed by atoms with van der Waals surface area (Å²) in [7, 11) is 0. The molecule has 0 radical (unpaired) electrons. The lowest BCUT2D eigenvalue weighted by atomic mass is 9.79. The second-order valence-corrected chi connectivity index (χ2v) is 11.6. The highest BCUT2D eigenvalue weighted by Gasteiger charge is 2.56. The molecule has 10 heteroatoms. The summed E-state index contributed by atoms with van der Waals surface area (Å²) in [4.78, 5) is 45.1. The Labute approximate surface area is 217 Å². The van der Waals surface area contributed by atoms with E-state index in [4.69, 9.17) is 10.5 Å². The van der Waals surface area contributed by atoms with Gasteiger partial charge in [0.15, 0.2) is 5.78 Å². The smallest absolute Gasteiger partial charge is 0.249 e. The fourth-order valence-corrected chi connectivity index (χ4v) is 5.87. The van der Waals surface area contributed by atoms with Crippen molar-refractivity contribution in [3.05, 3.63) is 29.3 Å². The van der Waals surface area contributed by atoms with Crippen molar-refractivity contribution in [1.29, 1.82) is 0 Å². The van der Waals surface area contributed by atoms with E-state index >= 15 is 0 Å². The highest BCUT2D eigenvalue weighted by molar-refractivity contribution is 5.99. The van der Waals surface area contributed by atoms with Gasteiger partial charge in [-0.2, -0.15) is 0 Å². The van der Waals surface area contributed by atoms with Crippen LogP contribution in [0.2, 0.25) is 0 Å². The van der Waals surface area contributed by atoms with Gasteiger partial charge in [-0.25, -0.2) is 8.78 Å². The Morgan fingerprint density at radius 2 is 1.84 bits per heavy atom. The number of anilines is 1. The molecule has 3 fully saturated rings. The van der Waals surface area contributed by atoms with Gasteiger partial charge in [0, 0.05) is 44.0 Å². The van der Waals surface area contributed by atoms with Gasteiger partial charge < -0.3 is 25.2 Å². The van der Waals surface area contributed by atoms with Gasteiger partial charge in [0.1, 0.15) is 12.6 Å². The molecule has 0 bridgehead atoms. The van der Waals surface area contributed by atoms with Crippen molar-refractivity contribution < 1.29 is 27.9 Å². The number of alkyl halides is 2. The zero-order valence-corrected chi connectivity index (χ0v) is 22.1. The molecule has 3 heterocycles. The lowest BCUT2D eigenvalue weighted by Crippen LogP contribution is -2.46. The van der Waals surface area contributed by atoms with Gasteiger partial charge in [-0.1, -0.05) is 27.7 Å². The fourth-order valence-electron chi connectivity index (χ4n) is 5.87. The number of ether oxygens (including phenoxy) is 1. The number of likely N-dealkylation sites (N-methyl/N-ethyl adjacent to an activating group) is 1. The molecule has 8 nitrogen and oxygen atoms in total. The van der Waals surface area contributed by atoms with E-state index in [-0.39, 0.29) is 29.9 Å². The van der Waals surface area contributed by atoms with Crippen LogP contribution in [0, 0.1) is 11.3 Å². The summed E-state index contributed by atoms with van der Waals surface area (Å²) in [6.07, 6.45) is -3.38. The van der Waals surface area contributed by atoms with Crippen molar-refractivity contribution in [1.82, 2.24) is 9.80 Å². The average Bonchev–Trinajstić information content (AvgIpc) is 3.42. The molecule has 0 unspecified atom stereocenters. The molecule has 1 aromatic carbocycles. The number of carbonyl (C=O) groups excluding carboxylic acids is 3. The third-order valence-corrected chi connectivity index (χ3v) is 7.81. The number of benzene rings is 1. The largest absolute Gasteiger partial charge is 0.369 e. The van der Waals surface area contributed by atoms with Crippen LogP contribution >= 0.6 is 0 Å². The Hall–Kier alpha value is -2.59. The Kier molecular flexibility index (Phi) is 7.90. The topological polar surface area (TPSA) is 96.2 Å². The van der Waals surface area contributed by atoms with E-state index in [2.05, 4.69) is 16.7 Å². The van der Waals surface area contributed by atoms with E-state index in [9.17, 15) is 23.2 Å². The number of ketones is 1. The fraction of sp³-hybridized carbons (Fsp3) is 0.667. The van der Waals surface area contributed by atoms with Gasteiger partial charge >= 0.3 is 0 Å². The first-order valence-electron chi connectivity index (χ1n) is 13.0. The van der Waals surface area contributed by atoms with E-state index in [1.165, 1.54) is 4.90 Å². The standard InChI is InChI=1S/C27H38F2N4O4/c1-5-31-8-10-32(11-9-31)16-6-7-17(25(30)35)18(12-16)19(13-27(2,3)4)26(36)33-14-20(24(28)29)23-22(33)21(34)15-37-23/h6-7,12,19-20,22-24H,5,8-11,13-15H2,1-4H3,(H2,30,35)/t19-,20+,22+,23+/m0/s1. The van der Waals surface area contributed by atoms with Crippen LogP contribution in [0.4, 0.5) is 14.5 Å². The van der Waals surface area contributed by atoms with Crippen molar-refractivity contribution in [2.24, 2.45) is 17.1 Å². The van der Waals surface area contributed by atoms with Crippen LogP contribution < -0.4 is 10.6 Å². The Bertz CT molecular complexity index is 1040. The number of primary amides is 1. The molecule has 3 saturated heterocycles. The second-order valence-electron chi connectivity index (χ2n) is 11.6. The minimum Gasteiger partial charge on any atom is -0.369 e. The minimum absolute atomic E-state index is 0.230. The zero-order chi connectivity index (χ0) is 27.1. The number of amides is 2. The lowest BCUT2D eigenvalue weighted by Gasteiger charge is -2.36. The molecule has 4 rings (SSSR count). The first-order valence-corrected chi connectivity index (χ1v) is 13.0. The predicted molar refractivity (Wildman–Crippen MR) is 136 cm³/mol. The number of hydrogen-bond acceptors (Lipinski definition) is 6. The molecule has 0 aliphatic carbocycles. The zero-order valence-electron chi connectivity index (χ0n) is 22.1. The SMILES string of the molecule is CCN1CCN(c2ccc(C(N)=O)c([C@H](CC(C)(C)C)C(=O)N3C[C@@H](C(F)F)[C@H]4OCC(=O)[C@H]43)c2)CC1. The molecule has 3 aliphatic heterocycles. The molecule has 0 spiro atoms. The summed E-state index contributed by atoms with van der Waals surface area (Å²) in [5.74, 6) is -3.53. The number of hydrogen-bond donors (Lipinski definition) is 1. The molecule has 0 aromatic heterocycles. The summed E-state index contributed by atoms with van der Waals surface area (Å²) < 4.78 is 33.0. The molecule has 1 aromatic rings. The van der Waals surface area contributed by atoms with Gasteiger partial charge in [0.25, 0.3) is 0 Å². The first-order chi connectivity index (χ1) is 17.4. The predicted octanol–water partition coefficient (Wildman–Crippen LogP) is 2.51. The van der Waals surface area contributed by atoms with Crippen molar-refractivity contribution in [2.75, 3.05) is 50.8 Å². The highest BCUT2D eigenvalue weighted by Crippen LogP contribution is 2.41. The summed E-state index contributed by atoms with van der Waals surface area (Å²) in [6.45, 7) is 11.9. The minimum atomic E-state index is -2.72. The van der Waals surface area contributed by atoms with Gasteiger partial charge in [-0.3, -0.25) is 14.4 Å². The van der Waals surface area contributed by atoms with Crippen LogP contribution in [0.5, 0.6) is 0 Å². The number of Topliss-reactive ketones (excluding diaryl/α,β-unsaturated/α-hetero) is 1. The maximum atomic E-state index is 14.1. The van der Waals surface area contributed by atoms with E-state index in [1.54, 1.807) is 6.07 Å². The van der Waals surface area contributed by atoms with Crippen molar-refractivity contribution in [3.8, 4) is 0 Å². The number of piperazine rings is 1. The average molecular weight is 521 g/mol. The number of carbonyl (C=O) groups is 3. The number of halogens is 2. The van der Waals surface area contributed by atoms with Gasteiger partial charge in [0.2, 0.25) is 18.2 Å². The third kappa shape index (κ3) is 5.65. The maximum absolute atomic E-state index is 14.1. The van der Waals surface area contributed by atoms with E-state index in [1.807, 2.05) is 32.9 Å². The van der Waals surface area contributed by atoms with Crippen LogP contribution in [0.1, 0.15) is 56.0 Å². The van der Waals surface area contributed by atoms with Crippen LogP contribution in [0.3, 0.4) is 0 Å². The molecule has 2 amide bonds. The Morgan fingerprint density at radius 1 is 1.16 bits per heavy atom. The van der Waals surface area contributed by atoms with Crippen LogP contribution in [-0.2, 0) is 14.3 Å². The van der Waals surface area contributed by atoms with Crippen LogP contribution in [0.25, 0.3) is 0 Å². The second kappa shape index (κ2) is 10.6. The molecule has 2 N–H and O–H groups in total. The molecule has 0 saturated carbocycles. The summed E-state index contributed by atoms with van der Waals surface area (Å²) in [6, 6.07) is 4.31. The van der Waals surface area contributed by atoms with Crippen molar-refractivity contribution in [3.63, 3.8) is 0 Å². The number of nitrogens with zero attached hydrogens (tertiary/aromatic N) is 3. The van der Waals surface area contributed by atoms with Gasteiger partial charge in [-0.05, 0) is 42.1 Å². The van der Waals surface area contributed by atoms with Crippen molar-refractivity contribution in [2.45, 2.75) is 58.6 Å². The summed E-state index contributed by atoms with van der Waals surface area (Å²) in [5.41, 5.74) is 7.00. The molecular weight excluding hydrogens is 482 g/mol. The molecule has 204 valence electrons. The Morgan fingerprint density at radius 3 is 2.41 bits per heavy atom. The van der Waals surface area contributed by atoms with Gasteiger partial charge in [-0.15, -0.1) is 0 Å². The van der Waals surface area contributed by atoms with E-state index < -0.39 is 42.2 Å². The molecule has 37 heavy (non-hydrogen) atoms. The summed E-state index contributed by atoms with van der Waals surface area (Å²) in [5, 5.41) is 0.